The van der Waals surface area contributed by atoms with Gasteiger partial charge in [0.15, 0.2) is 0 Å². The van der Waals surface area contributed by atoms with E-state index in [2.05, 4.69) is 4.72 Å². The van der Waals surface area contributed by atoms with Crippen molar-refractivity contribution < 1.29 is 13.2 Å². The monoisotopic (exact) mass is 378 g/mol. The number of fused-ring (bicyclic) bond motifs is 1. The van der Waals surface area contributed by atoms with Gasteiger partial charge >= 0.3 is 0 Å². The molecule has 7 heteroatoms. The van der Waals surface area contributed by atoms with Crippen molar-refractivity contribution in [1.29, 1.82) is 0 Å². The number of anilines is 2. The van der Waals surface area contributed by atoms with Gasteiger partial charge in [0.2, 0.25) is 5.91 Å². The molecule has 1 N–H and O–H groups in total. The number of benzene rings is 2. The molecule has 0 fully saturated rings. The minimum atomic E-state index is -3.74. The van der Waals surface area contributed by atoms with Crippen LogP contribution in [0.5, 0.6) is 0 Å². The maximum atomic E-state index is 12.7. The van der Waals surface area contributed by atoms with E-state index in [1.807, 2.05) is 6.92 Å². The average Bonchev–Trinajstić information content (AvgIpc) is 2.56. The first kappa shape index (κ1) is 17.8. The van der Waals surface area contributed by atoms with Crippen LogP contribution in [0.15, 0.2) is 41.3 Å². The molecule has 1 amide bonds. The summed E-state index contributed by atoms with van der Waals surface area (Å²) in [4.78, 5) is 13.8. The molecule has 5 nitrogen and oxygen atoms in total. The lowest BCUT2D eigenvalue weighted by atomic mass is 10.0. The summed E-state index contributed by atoms with van der Waals surface area (Å²) < 4.78 is 28.0. The van der Waals surface area contributed by atoms with Crippen LogP contribution < -0.4 is 9.62 Å². The molecule has 2 aromatic rings. The highest BCUT2D eigenvalue weighted by Gasteiger charge is 2.24. The topological polar surface area (TPSA) is 66.5 Å². The SMILES string of the molecule is CCN1C(=O)CCc2cc(NS(=O)(=O)c3cc(Cl)ccc3C)ccc21. The molecule has 25 heavy (non-hydrogen) atoms. The number of aryl methyl sites for hydroxylation is 2. The van der Waals surface area contributed by atoms with E-state index in [-0.39, 0.29) is 10.8 Å². The quantitative estimate of drug-likeness (QED) is 0.881. The Kier molecular flexibility index (Phi) is 4.75. The molecule has 1 aliphatic heterocycles. The number of nitrogens with zero attached hydrogens (tertiary/aromatic N) is 1. The van der Waals surface area contributed by atoms with E-state index in [4.69, 9.17) is 11.6 Å². The summed E-state index contributed by atoms with van der Waals surface area (Å²) in [6.07, 6.45) is 1.04. The first-order valence-electron chi connectivity index (χ1n) is 8.04. The summed E-state index contributed by atoms with van der Waals surface area (Å²) in [6, 6.07) is 10.0. The van der Waals surface area contributed by atoms with Gasteiger partial charge in [-0.05, 0) is 61.7 Å². The molecule has 0 aliphatic carbocycles. The highest BCUT2D eigenvalue weighted by molar-refractivity contribution is 7.92. The van der Waals surface area contributed by atoms with Gasteiger partial charge in [-0.1, -0.05) is 17.7 Å². The number of rotatable bonds is 4. The molecule has 0 aromatic heterocycles. The third-order valence-electron chi connectivity index (χ3n) is 4.29. The van der Waals surface area contributed by atoms with Crippen LogP contribution in [0.4, 0.5) is 11.4 Å². The number of hydrogen-bond donors (Lipinski definition) is 1. The Labute approximate surface area is 152 Å². The van der Waals surface area contributed by atoms with Crippen molar-refractivity contribution >= 4 is 38.9 Å². The standard InChI is InChI=1S/C18H19ClN2O3S/c1-3-21-16-8-7-15(10-13(16)5-9-18(21)22)20-25(23,24)17-11-14(19)6-4-12(17)2/h4,6-8,10-11,20H,3,5,9H2,1-2H3. The summed E-state index contributed by atoms with van der Waals surface area (Å²) in [6.45, 7) is 4.24. The molecule has 0 saturated carbocycles. The molecule has 1 heterocycles. The van der Waals surface area contributed by atoms with Gasteiger partial charge in [0, 0.05) is 29.4 Å². The van der Waals surface area contributed by atoms with E-state index in [1.54, 1.807) is 42.2 Å². The molecule has 3 rings (SSSR count). The van der Waals surface area contributed by atoms with E-state index < -0.39 is 10.0 Å². The smallest absolute Gasteiger partial charge is 0.262 e. The lowest BCUT2D eigenvalue weighted by molar-refractivity contribution is -0.118. The van der Waals surface area contributed by atoms with Gasteiger partial charge in [0.05, 0.1) is 4.90 Å². The molecule has 0 bridgehead atoms. The van der Waals surface area contributed by atoms with Gasteiger partial charge in [-0.25, -0.2) is 8.42 Å². The Morgan fingerprint density at radius 2 is 1.92 bits per heavy atom. The van der Waals surface area contributed by atoms with Crippen LogP contribution in [-0.4, -0.2) is 20.9 Å². The molecule has 0 spiro atoms. The largest absolute Gasteiger partial charge is 0.312 e. The van der Waals surface area contributed by atoms with Crippen LogP contribution in [0.1, 0.15) is 24.5 Å². The molecule has 0 atom stereocenters. The zero-order valence-corrected chi connectivity index (χ0v) is 15.6. The second-order valence-corrected chi connectivity index (χ2v) is 8.08. The van der Waals surface area contributed by atoms with Crippen molar-refractivity contribution in [3.05, 3.63) is 52.5 Å². The van der Waals surface area contributed by atoms with Gasteiger partial charge < -0.3 is 4.90 Å². The number of sulfonamides is 1. The van der Waals surface area contributed by atoms with E-state index >= 15 is 0 Å². The van der Waals surface area contributed by atoms with Crippen LogP contribution in [-0.2, 0) is 21.2 Å². The van der Waals surface area contributed by atoms with Crippen LogP contribution in [0.3, 0.4) is 0 Å². The summed E-state index contributed by atoms with van der Waals surface area (Å²) in [7, 11) is -3.74. The second-order valence-electron chi connectivity index (χ2n) is 6.00. The molecule has 0 saturated heterocycles. The van der Waals surface area contributed by atoms with Gasteiger partial charge in [-0.15, -0.1) is 0 Å². The first-order valence-corrected chi connectivity index (χ1v) is 9.90. The first-order chi connectivity index (χ1) is 11.8. The van der Waals surface area contributed by atoms with Crippen molar-refractivity contribution in [3.8, 4) is 0 Å². The van der Waals surface area contributed by atoms with Crippen LogP contribution in [0.25, 0.3) is 0 Å². The predicted molar refractivity (Wildman–Crippen MR) is 99.8 cm³/mol. The average molecular weight is 379 g/mol. The minimum absolute atomic E-state index is 0.0953. The van der Waals surface area contributed by atoms with Crippen LogP contribution in [0.2, 0.25) is 5.02 Å². The summed E-state index contributed by atoms with van der Waals surface area (Å²) in [5.74, 6) is 0.0953. The second kappa shape index (κ2) is 6.69. The third-order valence-corrected chi connectivity index (χ3v) is 6.05. The fourth-order valence-electron chi connectivity index (χ4n) is 3.04. The number of nitrogens with one attached hydrogen (secondary N) is 1. The third kappa shape index (κ3) is 3.50. The highest BCUT2D eigenvalue weighted by atomic mass is 35.5. The van der Waals surface area contributed by atoms with Crippen molar-refractivity contribution in [2.24, 2.45) is 0 Å². The summed E-state index contributed by atoms with van der Waals surface area (Å²) in [5.41, 5.74) is 2.91. The van der Waals surface area contributed by atoms with E-state index in [0.29, 0.717) is 35.7 Å². The van der Waals surface area contributed by atoms with E-state index in [9.17, 15) is 13.2 Å². The molecule has 1 aliphatic rings. The summed E-state index contributed by atoms with van der Waals surface area (Å²) >= 11 is 5.94. The highest BCUT2D eigenvalue weighted by Crippen LogP contribution is 2.31. The number of halogens is 1. The lowest BCUT2D eigenvalue weighted by Crippen LogP contribution is -2.34. The Balaban J connectivity index is 1.94. The Bertz CT molecular complexity index is 941. The number of carbonyl (C=O) groups is 1. The lowest BCUT2D eigenvalue weighted by Gasteiger charge is -2.28. The molecule has 0 unspecified atom stereocenters. The van der Waals surface area contributed by atoms with Crippen molar-refractivity contribution in [3.63, 3.8) is 0 Å². The van der Waals surface area contributed by atoms with Gasteiger partial charge in [0.1, 0.15) is 0 Å². The zero-order chi connectivity index (χ0) is 18.2. The van der Waals surface area contributed by atoms with Crippen LogP contribution in [0, 0.1) is 6.92 Å². The van der Waals surface area contributed by atoms with Crippen molar-refractivity contribution in [2.75, 3.05) is 16.2 Å². The predicted octanol–water partition coefficient (Wildman–Crippen LogP) is 3.75. The Morgan fingerprint density at radius 3 is 2.64 bits per heavy atom. The molecule has 0 radical (unpaired) electrons. The van der Waals surface area contributed by atoms with E-state index in [1.165, 1.54) is 6.07 Å². The van der Waals surface area contributed by atoms with Crippen molar-refractivity contribution in [2.45, 2.75) is 31.6 Å². The van der Waals surface area contributed by atoms with Gasteiger partial charge in [-0.3, -0.25) is 9.52 Å². The molecular formula is C18H19ClN2O3S. The van der Waals surface area contributed by atoms with Gasteiger partial charge in [-0.2, -0.15) is 0 Å². The maximum absolute atomic E-state index is 12.7. The Morgan fingerprint density at radius 1 is 1.16 bits per heavy atom. The number of amides is 1. The fraction of sp³-hybridized carbons (Fsp3) is 0.278. The molecule has 132 valence electrons. The molecular weight excluding hydrogens is 360 g/mol. The normalized spacial score (nSPS) is 14.4. The van der Waals surface area contributed by atoms with Gasteiger partial charge in [0.25, 0.3) is 10.0 Å². The molecule has 2 aromatic carbocycles. The fourth-order valence-corrected chi connectivity index (χ4v) is 4.60. The zero-order valence-electron chi connectivity index (χ0n) is 14.0. The summed E-state index contributed by atoms with van der Waals surface area (Å²) in [5, 5.41) is 0.369. The number of hydrogen-bond acceptors (Lipinski definition) is 3. The Hall–Kier alpha value is -2.05. The van der Waals surface area contributed by atoms with Crippen molar-refractivity contribution in [1.82, 2.24) is 0 Å². The maximum Gasteiger partial charge on any atom is 0.262 e. The minimum Gasteiger partial charge on any atom is -0.312 e. The number of carbonyl (C=O) groups excluding carboxylic acids is 1. The van der Waals surface area contributed by atoms with E-state index in [0.717, 1.165) is 11.3 Å². The van der Waals surface area contributed by atoms with Crippen LogP contribution >= 0.6 is 11.6 Å².